The molecule has 0 aliphatic rings. The van der Waals surface area contributed by atoms with Crippen LogP contribution in [0.4, 0.5) is 22.0 Å². The molecule has 112 valence electrons. The molecule has 0 amide bonds. The first-order chi connectivity index (χ1) is 9.88. The van der Waals surface area contributed by atoms with Gasteiger partial charge >= 0.3 is 0 Å². The molecular weight excluding hydrogens is 315 g/mol. The van der Waals surface area contributed by atoms with Crippen molar-refractivity contribution in [3.63, 3.8) is 0 Å². The molecule has 1 heterocycles. The summed E-state index contributed by atoms with van der Waals surface area (Å²) < 4.78 is 66.9. The molecule has 0 unspecified atom stereocenters. The van der Waals surface area contributed by atoms with Gasteiger partial charge in [-0.15, -0.1) is 0 Å². The zero-order chi connectivity index (χ0) is 15.7. The predicted octanol–water partition coefficient (Wildman–Crippen LogP) is 3.08. The lowest BCUT2D eigenvalue weighted by Gasteiger charge is -2.04. The molecule has 0 saturated carbocycles. The third kappa shape index (κ3) is 2.58. The molecule has 0 radical (unpaired) electrons. The largest absolute Gasteiger partial charge is 0.250 e. The van der Waals surface area contributed by atoms with Gasteiger partial charge in [-0.3, -0.25) is 5.10 Å². The molecule has 21 heavy (non-hydrogen) atoms. The highest BCUT2D eigenvalue weighted by Crippen LogP contribution is 2.21. The van der Waals surface area contributed by atoms with E-state index in [1.807, 2.05) is 0 Å². The van der Waals surface area contributed by atoms with Crippen LogP contribution >= 0.6 is 12.2 Å². The molecule has 0 aliphatic heterocycles. The summed E-state index contributed by atoms with van der Waals surface area (Å²) in [5.74, 6) is -9.91. The number of halogens is 5. The van der Waals surface area contributed by atoms with Crippen LogP contribution < -0.4 is 0 Å². The molecule has 10 heteroatoms. The Morgan fingerprint density at radius 3 is 2.14 bits per heavy atom. The minimum Gasteiger partial charge on any atom is -0.250 e. The van der Waals surface area contributed by atoms with E-state index in [9.17, 15) is 22.0 Å². The van der Waals surface area contributed by atoms with Gasteiger partial charge in [-0.2, -0.15) is 14.9 Å². The van der Waals surface area contributed by atoms with Crippen LogP contribution in [-0.2, 0) is 6.42 Å². The van der Waals surface area contributed by atoms with Crippen LogP contribution in [0.1, 0.15) is 18.3 Å². The van der Waals surface area contributed by atoms with Crippen molar-refractivity contribution in [2.24, 2.45) is 5.10 Å². The summed E-state index contributed by atoms with van der Waals surface area (Å²) in [5, 5.41) is 9.77. The van der Waals surface area contributed by atoms with Gasteiger partial charge in [0, 0.05) is 6.42 Å². The Morgan fingerprint density at radius 1 is 1.10 bits per heavy atom. The van der Waals surface area contributed by atoms with Gasteiger partial charge in [0.05, 0.1) is 11.8 Å². The number of aromatic nitrogens is 3. The lowest BCUT2D eigenvalue weighted by molar-refractivity contribution is 0.377. The predicted molar refractivity (Wildman–Crippen MR) is 66.0 cm³/mol. The SMILES string of the molecule is CCc1n[nH]c(=S)n1N=Cc1c(F)c(F)c(F)c(F)c1F. The molecule has 1 aromatic heterocycles. The van der Waals surface area contributed by atoms with Crippen LogP contribution in [-0.4, -0.2) is 21.1 Å². The van der Waals surface area contributed by atoms with Gasteiger partial charge in [0.1, 0.15) is 0 Å². The number of nitrogens with zero attached hydrogens (tertiary/aromatic N) is 3. The molecule has 2 rings (SSSR count). The van der Waals surface area contributed by atoms with Gasteiger partial charge in [0.25, 0.3) is 0 Å². The molecule has 0 aliphatic carbocycles. The van der Waals surface area contributed by atoms with Crippen molar-refractivity contribution in [1.29, 1.82) is 0 Å². The maximum absolute atomic E-state index is 13.4. The highest BCUT2D eigenvalue weighted by Gasteiger charge is 2.24. The van der Waals surface area contributed by atoms with E-state index in [0.29, 0.717) is 18.5 Å². The smallest absolute Gasteiger partial charge is 0.216 e. The van der Waals surface area contributed by atoms with Crippen LogP contribution in [0.15, 0.2) is 5.10 Å². The van der Waals surface area contributed by atoms with Crippen molar-refractivity contribution >= 4 is 18.4 Å². The monoisotopic (exact) mass is 322 g/mol. The average Bonchev–Trinajstić information content (AvgIpc) is 2.83. The number of aryl methyl sites for hydroxylation is 1. The van der Waals surface area contributed by atoms with Crippen LogP contribution in [0.25, 0.3) is 0 Å². The fourth-order valence-corrected chi connectivity index (χ4v) is 1.72. The van der Waals surface area contributed by atoms with E-state index in [4.69, 9.17) is 12.2 Å². The molecule has 1 aromatic carbocycles. The summed E-state index contributed by atoms with van der Waals surface area (Å²) in [6.07, 6.45) is 0.891. The molecule has 0 spiro atoms. The van der Waals surface area contributed by atoms with Crippen LogP contribution in [0.3, 0.4) is 0 Å². The number of nitrogens with one attached hydrogen (secondary N) is 1. The summed E-state index contributed by atoms with van der Waals surface area (Å²) in [4.78, 5) is 0. The molecule has 1 N–H and O–H groups in total. The Hall–Kier alpha value is -2.10. The van der Waals surface area contributed by atoms with E-state index < -0.39 is 34.6 Å². The Balaban J connectivity index is 2.57. The van der Waals surface area contributed by atoms with Crippen LogP contribution in [0, 0.1) is 33.9 Å². The average molecular weight is 322 g/mol. The fourth-order valence-electron chi connectivity index (χ4n) is 1.52. The fraction of sp³-hybridized carbons (Fsp3) is 0.182. The normalized spacial score (nSPS) is 11.5. The van der Waals surface area contributed by atoms with Crippen LogP contribution in [0.2, 0.25) is 0 Å². The molecule has 0 saturated heterocycles. The Bertz CT molecular complexity index is 751. The van der Waals surface area contributed by atoms with Gasteiger partial charge in [-0.25, -0.2) is 22.0 Å². The van der Waals surface area contributed by atoms with Gasteiger partial charge in [0.2, 0.25) is 10.6 Å². The van der Waals surface area contributed by atoms with Gasteiger partial charge in [-0.05, 0) is 12.2 Å². The molecule has 4 nitrogen and oxygen atoms in total. The topological polar surface area (TPSA) is 46.0 Å². The van der Waals surface area contributed by atoms with E-state index in [2.05, 4.69) is 15.3 Å². The minimum atomic E-state index is -2.23. The Kier molecular flexibility index (Phi) is 4.16. The van der Waals surface area contributed by atoms with Gasteiger partial charge < -0.3 is 0 Å². The van der Waals surface area contributed by atoms with E-state index in [1.165, 1.54) is 0 Å². The Morgan fingerprint density at radius 2 is 1.62 bits per heavy atom. The number of hydrogen-bond acceptors (Lipinski definition) is 3. The highest BCUT2D eigenvalue weighted by molar-refractivity contribution is 7.71. The molecule has 0 fully saturated rings. The number of hydrogen-bond donors (Lipinski definition) is 1. The van der Waals surface area contributed by atoms with Crippen molar-refractivity contribution in [2.45, 2.75) is 13.3 Å². The van der Waals surface area contributed by atoms with Gasteiger partial charge in [-0.1, -0.05) is 6.92 Å². The summed E-state index contributed by atoms with van der Waals surface area (Å²) >= 11 is 4.83. The number of H-pyrrole nitrogens is 1. The lowest BCUT2D eigenvalue weighted by Crippen LogP contribution is -2.07. The second-order valence-electron chi connectivity index (χ2n) is 3.84. The number of aromatic amines is 1. The van der Waals surface area contributed by atoms with Gasteiger partial charge in [0.15, 0.2) is 29.1 Å². The Labute approximate surface area is 119 Å². The summed E-state index contributed by atoms with van der Waals surface area (Å²) in [5.41, 5.74) is -1.16. The minimum absolute atomic E-state index is 0.0203. The zero-order valence-corrected chi connectivity index (χ0v) is 11.2. The standard InChI is InChI=1S/C11H7F5N4S/c1-2-5-18-19-11(21)20(5)17-3-4-6(12)8(14)10(16)9(15)7(4)13/h3H,2H2,1H3,(H,19,21). The maximum Gasteiger partial charge on any atom is 0.216 e. The second-order valence-corrected chi connectivity index (χ2v) is 4.23. The van der Waals surface area contributed by atoms with E-state index in [0.717, 1.165) is 4.68 Å². The second kappa shape index (κ2) is 5.72. The van der Waals surface area contributed by atoms with Crippen molar-refractivity contribution in [1.82, 2.24) is 14.9 Å². The zero-order valence-electron chi connectivity index (χ0n) is 10.4. The van der Waals surface area contributed by atoms with E-state index in [1.54, 1.807) is 6.92 Å². The summed E-state index contributed by atoms with van der Waals surface area (Å²) in [6, 6.07) is 0. The molecule has 0 bridgehead atoms. The highest BCUT2D eigenvalue weighted by atomic mass is 32.1. The lowest BCUT2D eigenvalue weighted by atomic mass is 10.2. The van der Waals surface area contributed by atoms with Crippen molar-refractivity contribution in [2.75, 3.05) is 0 Å². The van der Waals surface area contributed by atoms with Crippen molar-refractivity contribution in [3.05, 3.63) is 45.2 Å². The third-order valence-electron chi connectivity index (χ3n) is 2.58. The molecule has 2 aromatic rings. The van der Waals surface area contributed by atoms with Crippen molar-refractivity contribution in [3.8, 4) is 0 Å². The van der Waals surface area contributed by atoms with E-state index in [-0.39, 0.29) is 4.77 Å². The summed E-state index contributed by atoms with van der Waals surface area (Å²) in [6.45, 7) is 1.72. The van der Waals surface area contributed by atoms with Crippen LogP contribution in [0.5, 0.6) is 0 Å². The first kappa shape index (κ1) is 15.3. The molecular formula is C11H7F5N4S. The summed E-state index contributed by atoms with van der Waals surface area (Å²) in [7, 11) is 0. The maximum atomic E-state index is 13.4. The quantitative estimate of drug-likeness (QED) is 0.310. The first-order valence-electron chi connectivity index (χ1n) is 5.60. The number of benzene rings is 1. The first-order valence-corrected chi connectivity index (χ1v) is 6.01. The molecule has 0 atom stereocenters. The van der Waals surface area contributed by atoms with E-state index >= 15 is 0 Å². The third-order valence-corrected chi connectivity index (χ3v) is 2.84. The number of rotatable bonds is 3. The van der Waals surface area contributed by atoms with Crippen molar-refractivity contribution < 1.29 is 22.0 Å².